The van der Waals surface area contributed by atoms with Crippen molar-refractivity contribution in [3.63, 3.8) is 0 Å². The number of furan rings is 2. The Labute approximate surface area is 265 Å². The summed E-state index contributed by atoms with van der Waals surface area (Å²) in [5.41, 5.74) is 11.0. The van der Waals surface area contributed by atoms with Crippen LogP contribution >= 0.6 is 0 Å². The van der Waals surface area contributed by atoms with Gasteiger partial charge in [0.25, 0.3) is 0 Å². The van der Waals surface area contributed by atoms with Crippen molar-refractivity contribution in [1.29, 1.82) is 0 Å². The van der Waals surface area contributed by atoms with Gasteiger partial charge in [0.15, 0.2) is 0 Å². The van der Waals surface area contributed by atoms with E-state index in [4.69, 9.17) is 8.83 Å². The van der Waals surface area contributed by atoms with Crippen molar-refractivity contribution in [2.75, 3.05) is 0 Å². The van der Waals surface area contributed by atoms with Gasteiger partial charge in [0.1, 0.15) is 22.3 Å². The largest absolute Gasteiger partial charge is 0.456 e. The molecule has 2 nitrogen and oxygen atoms in total. The van der Waals surface area contributed by atoms with Crippen molar-refractivity contribution in [3.05, 3.63) is 144 Å². The van der Waals surface area contributed by atoms with Gasteiger partial charge in [-0.1, -0.05) is 121 Å². The predicted molar refractivity (Wildman–Crippen MR) is 192 cm³/mol. The molecular weight excluding hydrogens is 560 g/mol. The Bertz CT molecular complexity index is 2790. The molecule has 1 aliphatic carbocycles. The Morgan fingerprint density at radius 1 is 0.370 bits per heavy atom. The molecule has 2 heteroatoms. The van der Waals surface area contributed by atoms with Crippen LogP contribution in [0.5, 0.6) is 0 Å². The Morgan fingerprint density at radius 3 is 1.70 bits per heavy atom. The molecule has 2 aromatic heterocycles. The Kier molecular flexibility index (Phi) is 5.44. The molecule has 0 atom stereocenters. The smallest absolute Gasteiger partial charge is 0.136 e. The molecule has 0 amide bonds. The highest BCUT2D eigenvalue weighted by Crippen LogP contribution is 2.42. The van der Waals surface area contributed by atoms with Crippen LogP contribution in [0.25, 0.3) is 100 Å². The summed E-state index contributed by atoms with van der Waals surface area (Å²) in [6.07, 6.45) is 6.94. The summed E-state index contributed by atoms with van der Waals surface area (Å²) >= 11 is 0. The molecular formula is C44H28O2. The van der Waals surface area contributed by atoms with E-state index in [-0.39, 0.29) is 0 Å². The van der Waals surface area contributed by atoms with E-state index in [1.165, 1.54) is 54.6 Å². The van der Waals surface area contributed by atoms with Crippen LogP contribution in [-0.4, -0.2) is 0 Å². The number of fused-ring (bicyclic) bond motifs is 8. The van der Waals surface area contributed by atoms with Crippen molar-refractivity contribution in [1.82, 2.24) is 0 Å². The van der Waals surface area contributed by atoms with E-state index in [2.05, 4.69) is 133 Å². The van der Waals surface area contributed by atoms with Gasteiger partial charge in [0, 0.05) is 21.5 Å². The summed E-state index contributed by atoms with van der Waals surface area (Å²) in [6.45, 7) is 0. The predicted octanol–water partition coefficient (Wildman–Crippen LogP) is 11.0. The maximum absolute atomic E-state index is 6.60. The van der Waals surface area contributed by atoms with Crippen LogP contribution in [0, 0.1) is 0 Å². The Hall–Kier alpha value is -5.86. The fourth-order valence-corrected chi connectivity index (χ4v) is 7.76. The molecule has 46 heavy (non-hydrogen) atoms. The number of benzene rings is 7. The lowest BCUT2D eigenvalue weighted by Gasteiger charge is -2.20. The molecule has 0 radical (unpaired) electrons. The molecule has 0 unspecified atom stereocenters. The standard InChI is InChI=1S/C44H28O2/c1-2-13-27(14-3-1)28-15-4-5-17-30(28)42-31-18-6-8-20-33(31)43(34-21-9-7-19-32(34)42)35-22-12-24-39-44(35)37-26-40-36(25-41(37)46-39)29-16-10-11-23-38(29)45-40/h1-6,8,10-26H,7,9H2. The van der Waals surface area contributed by atoms with Crippen LogP contribution in [0.1, 0.15) is 12.8 Å². The summed E-state index contributed by atoms with van der Waals surface area (Å²) in [5, 5.41) is 9.51. The zero-order chi connectivity index (χ0) is 30.2. The molecule has 7 aromatic carbocycles. The first kappa shape index (κ1) is 25.5. The fraction of sp³-hybridized carbons (Fsp3) is 0.0455. The van der Waals surface area contributed by atoms with E-state index >= 15 is 0 Å². The fourth-order valence-electron chi connectivity index (χ4n) is 7.76. The van der Waals surface area contributed by atoms with Crippen LogP contribution in [0.2, 0.25) is 0 Å². The Balaban J connectivity index is 1.33. The highest BCUT2D eigenvalue weighted by molar-refractivity contribution is 6.20. The van der Waals surface area contributed by atoms with Crippen molar-refractivity contribution in [2.45, 2.75) is 12.8 Å². The lowest BCUT2D eigenvalue weighted by atomic mass is 9.83. The first-order chi connectivity index (χ1) is 22.8. The summed E-state index contributed by atoms with van der Waals surface area (Å²) in [7, 11) is 0. The van der Waals surface area contributed by atoms with Crippen molar-refractivity contribution >= 4 is 66.8 Å². The molecule has 0 aliphatic heterocycles. The van der Waals surface area contributed by atoms with Crippen molar-refractivity contribution in [3.8, 4) is 33.4 Å². The number of para-hydroxylation sites is 1. The molecule has 216 valence electrons. The van der Waals surface area contributed by atoms with Gasteiger partial charge >= 0.3 is 0 Å². The molecule has 0 bridgehead atoms. The van der Waals surface area contributed by atoms with Crippen LogP contribution in [0.3, 0.4) is 0 Å². The molecule has 0 N–H and O–H groups in total. The zero-order valence-corrected chi connectivity index (χ0v) is 25.1. The second kappa shape index (κ2) is 9.82. The quantitative estimate of drug-likeness (QED) is 0.205. The number of hydrogen-bond acceptors (Lipinski definition) is 2. The maximum Gasteiger partial charge on any atom is 0.136 e. The summed E-state index contributed by atoms with van der Waals surface area (Å²) < 4.78 is 12.9. The lowest BCUT2D eigenvalue weighted by molar-refractivity contribution is 0.664. The highest BCUT2D eigenvalue weighted by Gasteiger charge is 2.22. The van der Waals surface area contributed by atoms with Gasteiger partial charge in [0.05, 0.1) is 0 Å². The monoisotopic (exact) mass is 588 g/mol. The van der Waals surface area contributed by atoms with E-state index in [0.29, 0.717) is 0 Å². The van der Waals surface area contributed by atoms with Crippen molar-refractivity contribution in [2.24, 2.45) is 0 Å². The summed E-state index contributed by atoms with van der Waals surface area (Å²) in [6, 6.07) is 47.6. The molecule has 10 rings (SSSR count). The molecule has 0 saturated carbocycles. The SMILES string of the molecule is C1=c2c(-c3ccccc3-c3ccccc3)c3ccccc3c(-c3cccc4oc5cc6c(cc5c34)oc3ccccc36)c2=CCC1. The van der Waals surface area contributed by atoms with E-state index in [1.807, 2.05) is 12.1 Å². The maximum atomic E-state index is 6.60. The zero-order valence-electron chi connectivity index (χ0n) is 25.1. The van der Waals surface area contributed by atoms with E-state index < -0.39 is 0 Å². The van der Waals surface area contributed by atoms with Gasteiger partial charge in [-0.2, -0.15) is 0 Å². The lowest BCUT2D eigenvalue weighted by Crippen LogP contribution is -2.31. The third-order valence-corrected chi connectivity index (χ3v) is 9.70. The van der Waals surface area contributed by atoms with Gasteiger partial charge in [-0.3, -0.25) is 0 Å². The van der Waals surface area contributed by atoms with Gasteiger partial charge in [-0.05, 0) is 91.7 Å². The highest BCUT2D eigenvalue weighted by atomic mass is 16.3. The molecule has 1 aliphatic rings. The minimum atomic E-state index is 0.878. The van der Waals surface area contributed by atoms with Gasteiger partial charge in [0.2, 0.25) is 0 Å². The molecule has 2 heterocycles. The normalized spacial score (nSPS) is 13.0. The van der Waals surface area contributed by atoms with E-state index in [1.54, 1.807) is 0 Å². The summed E-state index contributed by atoms with van der Waals surface area (Å²) in [4.78, 5) is 0. The first-order valence-corrected chi connectivity index (χ1v) is 16.0. The van der Waals surface area contributed by atoms with E-state index in [9.17, 15) is 0 Å². The molecule has 0 saturated heterocycles. The minimum Gasteiger partial charge on any atom is -0.456 e. The second-order valence-corrected chi connectivity index (χ2v) is 12.2. The minimum absolute atomic E-state index is 0.878. The molecule has 9 aromatic rings. The topological polar surface area (TPSA) is 26.3 Å². The average Bonchev–Trinajstić information content (AvgIpc) is 3.67. The molecule has 0 spiro atoms. The van der Waals surface area contributed by atoms with Crippen LogP contribution in [0.15, 0.2) is 142 Å². The van der Waals surface area contributed by atoms with Crippen LogP contribution in [0.4, 0.5) is 0 Å². The van der Waals surface area contributed by atoms with E-state index in [0.717, 1.165) is 56.7 Å². The number of rotatable bonds is 3. The van der Waals surface area contributed by atoms with Gasteiger partial charge in [-0.15, -0.1) is 0 Å². The van der Waals surface area contributed by atoms with Crippen LogP contribution < -0.4 is 10.4 Å². The third kappa shape index (κ3) is 3.64. The molecule has 0 fully saturated rings. The van der Waals surface area contributed by atoms with Gasteiger partial charge in [-0.25, -0.2) is 0 Å². The number of hydrogen-bond donors (Lipinski definition) is 0. The van der Waals surface area contributed by atoms with Gasteiger partial charge < -0.3 is 8.83 Å². The Morgan fingerprint density at radius 2 is 0.913 bits per heavy atom. The summed E-state index contributed by atoms with van der Waals surface area (Å²) in [5.74, 6) is 0. The van der Waals surface area contributed by atoms with Crippen molar-refractivity contribution < 1.29 is 8.83 Å². The third-order valence-electron chi connectivity index (χ3n) is 9.70. The second-order valence-electron chi connectivity index (χ2n) is 12.2. The van der Waals surface area contributed by atoms with Crippen LogP contribution in [-0.2, 0) is 0 Å². The first-order valence-electron chi connectivity index (χ1n) is 16.0. The average molecular weight is 589 g/mol.